The van der Waals surface area contributed by atoms with Gasteiger partial charge in [0.15, 0.2) is 0 Å². The third-order valence-electron chi connectivity index (χ3n) is 5.09. The van der Waals surface area contributed by atoms with Gasteiger partial charge < -0.3 is 9.87 Å². The van der Waals surface area contributed by atoms with Crippen LogP contribution in [0.1, 0.15) is 46.8 Å². The zero-order valence-corrected chi connectivity index (χ0v) is 22.5. The molecule has 0 aliphatic heterocycles. The Balaban J connectivity index is 2.23. The molecule has 2 aromatic rings. The Hall–Kier alpha value is -1.59. The number of benzene rings is 2. The van der Waals surface area contributed by atoms with Crippen LogP contribution in [-0.4, -0.2) is 40.4 Å². The molecule has 2 aromatic carbocycles. The van der Waals surface area contributed by atoms with E-state index in [4.69, 9.17) is 34.8 Å². The van der Waals surface area contributed by atoms with Crippen molar-refractivity contribution in [1.29, 1.82) is 0 Å². The molecule has 13 heteroatoms. The summed E-state index contributed by atoms with van der Waals surface area (Å²) in [5.74, 6) is -4.49. The van der Waals surface area contributed by atoms with Gasteiger partial charge in [0.25, 0.3) is 5.91 Å². The molecule has 1 N–H and O–H groups in total. The van der Waals surface area contributed by atoms with Crippen LogP contribution in [0.4, 0.5) is 26.3 Å². The number of hydrogen-bond acceptors (Lipinski definition) is 2. The van der Waals surface area contributed by atoms with E-state index in [-0.39, 0.29) is 31.9 Å². The van der Waals surface area contributed by atoms with Gasteiger partial charge in [0, 0.05) is 5.56 Å². The number of aryl methyl sites for hydroxylation is 1. The Kier molecular flexibility index (Phi) is 11.1. The monoisotopic (exact) mass is 607 g/mol. The fraction of sp³-hybridized carbons (Fsp3) is 0.375. The Morgan fingerprint density at radius 1 is 1.08 bits per heavy atom. The van der Waals surface area contributed by atoms with Crippen LogP contribution >= 0.6 is 34.8 Å². The van der Waals surface area contributed by atoms with E-state index >= 15 is 0 Å². The lowest BCUT2D eigenvalue weighted by Crippen LogP contribution is -2.40. The van der Waals surface area contributed by atoms with Crippen molar-refractivity contribution >= 4 is 58.0 Å². The lowest BCUT2D eigenvalue weighted by Gasteiger charge is -2.19. The van der Waals surface area contributed by atoms with Crippen molar-refractivity contribution in [3.63, 3.8) is 0 Å². The number of allylic oxidation sites excluding steroid dienone is 1. The number of alkyl halides is 6. The Morgan fingerprint density at radius 3 is 2.19 bits per heavy atom. The van der Waals surface area contributed by atoms with E-state index in [1.54, 1.807) is 6.92 Å². The molecular weight excluding hydrogens is 587 g/mol. The van der Waals surface area contributed by atoms with Gasteiger partial charge in [-0.2, -0.15) is 26.3 Å². The zero-order valence-electron chi connectivity index (χ0n) is 19.4. The molecule has 37 heavy (non-hydrogen) atoms. The summed E-state index contributed by atoms with van der Waals surface area (Å²) in [5.41, 5.74) is 0.890. The van der Waals surface area contributed by atoms with Gasteiger partial charge in [-0.15, -0.1) is 0 Å². The minimum atomic E-state index is -4.66. The van der Waals surface area contributed by atoms with Crippen molar-refractivity contribution in [3.05, 3.63) is 73.7 Å². The van der Waals surface area contributed by atoms with E-state index in [1.807, 2.05) is 0 Å². The molecule has 3 atom stereocenters. The van der Waals surface area contributed by atoms with Gasteiger partial charge in [0.05, 0.1) is 27.0 Å². The summed E-state index contributed by atoms with van der Waals surface area (Å²) < 4.78 is 90.1. The van der Waals surface area contributed by atoms with Gasteiger partial charge >= 0.3 is 12.4 Å². The first-order valence-electron chi connectivity index (χ1n) is 10.8. The Labute approximate surface area is 228 Å². The van der Waals surface area contributed by atoms with Crippen LogP contribution in [-0.2, 0) is 17.6 Å². The fourth-order valence-corrected chi connectivity index (χ4v) is 5.20. The molecule has 2 rings (SSSR count). The van der Waals surface area contributed by atoms with E-state index in [1.165, 1.54) is 31.2 Å². The summed E-state index contributed by atoms with van der Waals surface area (Å²) in [5, 5.41) is 2.22. The average Bonchev–Trinajstić information content (AvgIpc) is 2.74. The number of nitrogens with one attached hydrogen (secondary N) is 1. The molecule has 3 unspecified atom stereocenters. The molecule has 0 radical (unpaired) electrons. The maximum absolute atomic E-state index is 13.8. The van der Waals surface area contributed by atoms with Gasteiger partial charge in [0.2, 0.25) is 5.75 Å². The van der Waals surface area contributed by atoms with Crippen LogP contribution in [0.2, 0.25) is 15.1 Å². The van der Waals surface area contributed by atoms with Gasteiger partial charge in [-0.1, -0.05) is 66.0 Å². The van der Waals surface area contributed by atoms with E-state index in [9.17, 15) is 35.7 Å². The van der Waals surface area contributed by atoms with Crippen LogP contribution in [0, 0.1) is 0 Å². The van der Waals surface area contributed by atoms with Crippen molar-refractivity contribution in [3.8, 4) is 0 Å². The van der Waals surface area contributed by atoms with Crippen LogP contribution in [0.15, 0.2) is 36.4 Å². The number of rotatable bonds is 9. The third-order valence-corrected chi connectivity index (χ3v) is 7.81. The first-order valence-corrected chi connectivity index (χ1v) is 13.4. The summed E-state index contributed by atoms with van der Waals surface area (Å²) in [6, 6.07) is 5.76. The minimum Gasteiger partial charge on any atom is -0.616 e. The van der Waals surface area contributed by atoms with Crippen molar-refractivity contribution in [2.75, 3.05) is 11.5 Å². The van der Waals surface area contributed by atoms with E-state index in [2.05, 4.69) is 5.32 Å². The van der Waals surface area contributed by atoms with Gasteiger partial charge in [-0.3, -0.25) is 4.79 Å². The summed E-state index contributed by atoms with van der Waals surface area (Å²) in [6.07, 6.45) is -6.71. The number of hydrogen-bond donors (Lipinski definition) is 1. The van der Waals surface area contributed by atoms with Crippen LogP contribution < -0.4 is 5.32 Å². The Morgan fingerprint density at radius 2 is 1.68 bits per heavy atom. The normalized spacial score (nSPS) is 15.0. The molecule has 0 saturated carbocycles. The number of amides is 1. The van der Waals surface area contributed by atoms with Crippen LogP contribution in [0.25, 0.3) is 6.08 Å². The molecule has 0 bridgehead atoms. The first-order chi connectivity index (χ1) is 17.0. The molecule has 0 heterocycles. The molecule has 0 fully saturated rings. The smallest absolute Gasteiger partial charge is 0.433 e. The molecule has 0 spiro atoms. The number of halogens is 9. The SMILES string of the molecule is CCc1cc(/C=C/C(c2cc(Cl)c(Cl)c(Cl)c2)C(F)(F)F)ccc1C(=O)NC(C)C[S+]([O-])CC(F)(F)F. The second-order valence-electron chi connectivity index (χ2n) is 8.19. The molecule has 0 aliphatic rings. The predicted octanol–water partition coefficient (Wildman–Crippen LogP) is 8.00. The van der Waals surface area contributed by atoms with Gasteiger partial charge in [-0.05, 0) is 59.4 Å². The molecule has 0 saturated heterocycles. The first kappa shape index (κ1) is 31.6. The molecule has 0 aromatic heterocycles. The van der Waals surface area contributed by atoms with Crippen molar-refractivity contribution in [2.24, 2.45) is 0 Å². The summed E-state index contributed by atoms with van der Waals surface area (Å²) in [4.78, 5) is 12.7. The summed E-state index contributed by atoms with van der Waals surface area (Å²) in [7, 11) is 0. The molecule has 1 amide bonds. The molecule has 3 nitrogen and oxygen atoms in total. The fourth-order valence-electron chi connectivity index (χ4n) is 3.47. The molecule has 0 aliphatic carbocycles. The minimum absolute atomic E-state index is 0.0562. The topological polar surface area (TPSA) is 52.2 Å². The van der Waals surface area contributed by atoms with Crippen LogP contribution in [0.5, 0.6) is 0 Å². The molecular formula is C24H22Cl3F6NO2S. The van der Waals surface area contributed by atoms with Gasteiger partial charge in [-0.25, -0.2) is 0 Å². The van der Waals surface area contributed by atoms with Crippen molar-refractivity contribution in [2.45, 2.75) is 44.6 Å². The summed E-state index contributed by atoms with van der Waals surface area (Å²) >= 11 is 15.4. The van der Waals surface area contributed by atoms with Crippen molar-refractivity contribution < 1.29 is 35.7 Å². The van der Waals surface area contributed by atoms with Crippen LogP contribution in [0.3, 0.4) is 0 Å². The highest BCUT2D eigenvalue weighted by molar-refractivity contribution is 7.91. The van der Waals surface area contributed by atoms with Gasteiger partial charge in [0.1, 0.15) is 5.75 Å². The lowest BCUT2D eigenvalue weighted by atomic mass is 9.95. The second-order valence-corrected chi connectivity index (χ2v) is 10.9. The highest BCUT2D eigenvalue weighted by atomic mass is 35.5. The van der Waals surface area contributed by atoms with Crippen molar-refractivity contribution in [1.82, 2.24) is 5.32 Å². The number of carbonyl (C=O) groups is 1. The van der Waals surface area contributed by atoms with E-state index < -0.39 is 47.1 Å². The Bertz CT molecular complexity index is 1120. The standard InChI is InChI=1S/C24H22Cl3F6NO2S/c1-3-15-8-14(4-6-17(15)22(35)34-13(2)11-37(36)12-23(28,29)30)5-7-18(24(31,32)33)16-9-19(25)21(27)20(26)10-16/h4-10,13,18H,3,11-12H2,1-2H3,(H,34,35)/b7-5+. The number of carbonyl (C=O) groups excluding carboxylic acids is 1. The quantitative estimate of drug-likeness (QED) is 0.178. The summed E-state index contributed by atoms with van der Waals surface area (Å²) in [6.45, 7) is 3.17. The van der Waals surface area contributed by atoms with E-state index in [0.717, 1.165) is 18.2 Å². The maximum Gasteiger partial charge on any atom is 0.433 e. The third kappa shape index (κ3) is 9.58. The lowest BCUT2D eigenvalue weighted by molar-refractivity contribution is -0.139. The molecule has 204 valence electrons. The highest BCUT2D eigenvalue weighted by Crippen LogP contribution is 2.41. The average molecular weight is 609 g/mol. The predicted molar refractivity (Wildman–Crippen MR) is 136 cm³/mol. The maximum atomic E-state index is 13.8. The second kappa shape index (κ2) is 13.0. The largest absolute Gasteiger partial charge is 0.616 e. The van der Waals surface area contributed by atoms with E-state index in [0.29, 0.717) is 17.5 Å². The highest BCUT2D eigenvalue weighted by Gasteiger charge is 2.39. The zero-order chi connectivity index (χ0) is 28.1.